The third kappa shape index (κ3) is 4.13. The van der Waals surface area contributed by atoms with Crippen LogP contribution in [-0.4, -0.2) is 45.1 Å². The number of nitrogens with zero attached hydrogens (tertiary/aromatic N) is 4. The fraction of sp³-hybridized carbons (Fsp3) is 0.364. The third-order valence-corrected chi connectivity index (χ3v) is 4.14. The van der Waals surface area contributed by atoms with Crippen molar-refractivity contribution < 1.29 is 18.3 Å². The molecule has 10 heteroatoms. The van der Waals surface area contributed by atoms with Crippen LogP contribution < -0.4 is 4.72 Å². The number of aromatic nitrogens is 4. The first-order valence-corrected chi connectivity index (χ1v) is 7.59. The van der Waals surface area contributed by atoms with Crippen molar-refractivity contribution in [3.05, 3.63) is 30.9 Å². The number of hydrogen-bond acceptors (Lipinski definition) is 5. The van der Waals surface area contributed by atoms with Gasteiger partial charge in [0.15, 0.2) is 0 Å². The maximum atomic E-state index is 12.1. The van der Waals surface area contributed by atoms with E-state index < -0.39 is 22.5 Å². The van der Waals surface area contributed by atoms with E-state index >= 15 is 0 Å². The quantitative estimate of drug-likeness (QED) is 0.713. The van der Waals surface area contributed by atoms with E-state index in [1.807, 2.05) is 0 Å². The summed E-state index contributed by atoms with van der Waals surface area (Å²) in [4.78, 5) is 10.5. The molecule has 0 aliphatic heterocycles. The Morgan fingerprint density at radius 3 is 2.81 bits per heavy atom. The summed E-state index contributed by atoms with van der Waals surface area (Å²) in [5.41, 5.74) is 0. The number of carboxylic acid groups (broad SMARTS) is 1. The Kier molecular flexibility index (Phi) is 4.38. The number of aliphatic carboxylic acids is 1. The highest BCUT2D eigenvalue weighted by atomic mass is 32.2. The van der Waals surface area contributed by atoms with Crippen molar-refractivity contribution in [1.82, 2.24) is 24.3 Å². The SMILES string of the molecule is CC(Cn1cccn1)NS(=O)(=O)c1cnn(CC(=O)O)c1. The summed E-state index contributed by atoms with van der Waals surface area (Å²) in [6.45, 7) is 1.70. The molecule has 0 amide bonds. The van der Waals surface area contributed by atoms with E-state index in [1.165, 1.54) is 6.20 Å². The Morgan fingerprint density at radius 2 is 2.19 bits per heavy atom. The summed E-state index contributed by atoms with van der Waals surface area (Å²) in [6.07, 6.45) is 5.63. The molecule has 0 aromatic carbocycles. The number of carbonyl (C=O) groups is 1. The highest BCUT2D eigenvalue weighted by Gasteiger charge is 2.20. The van der Waals surface area contributed by atoms with Crippen LogP contribution in [0.4, 0.5) is 0 Å². The van der Waals surface area contributed by atoms with Gasteiger partial charge in [-0.2, -0.15) is 10.2 Å². The van der Waals surface area contributed by atoms with E-state index in [4.69, 9.17) is 5.11 Å². The predicted molar refractivity (Wildman–Crippen MR) is 71.9 cm³/mol. The zero-order chi connectivity index (χ0) is 15.5. The van der Waals surface area contributed by atoms with Crippen LogP contribution in [0.1, 0.15) is 6.92 Å². The minimum atomic E-state index is -3.75. The maximum absolute atomic E-state index is 12.1. The van der Waals surface area contributed by atoms with Gasteiger partial charge in [0, 0.05) is 24.6 Å². The van der Waals surface area contributed by atoms with Crippen LogP contribution in [0.5, 0.6) is 0 Å². The predicted octanol–water partition coefficient (Wildman–Crippen LogP) is -0.469. The lowest BCUT2D eigenvalue weighted by Gasteiger charge is -2.13. The highest BCUT2D eigenvalue weighted by Crippen LogP contribution is 2.08. The van der Waals surface area contributed by atoms with Crippen LogP contribution in [0.15, 0.2) is 35.7 Å². The van der Waals surface area contributed by atoms with Gasteiger partial charge in [0.05, 0.1) is 12.7 Å². The van der Waals surface area contributed by atoms with Gasteiger partial charge in [0.1, 0.15) is 11.4 Å². The molecule has 21 heavy (non-hydrogen) atoms. The van der Waals surface area contributed by atoms with Crippen molar-refractivity contribution in [1.29, 1.82) is 0 Å². The molecule has 1 atom stereocenters. The third-order valence-electron chi connectivity index (χ3n) is 2.59. The monoisotopic (exact) mass is 313 g/mol. The Balaban J connectivity index is 2.03. The van der Waals surface area contributed by atoms with Gasteiger partial charge in [-0.3, -0.25) is 14.2 Å². The molecule has 0 aliphatic rings. The molecule has 2 N–H and O–H groups in total. The topological polar surface area (TPSA) is 119 Å². The summed E-state index contributed by atoms with van der Waals surface area (Å²) in [7, 11) is -3.75. The van der Waals surface area contributed by atoms with Gasteiger partial charge < -0.3 is 5.11 Å². The first-order chi connectivity index (χ1) is 9.87. The summed E-state index contributed by atoms with van der Waals surface area (Å²) in [5, 5.41) is 16.3. The molecular formula is C11H15N5O4S. The zero-order valence-electron chi connectivity index (χ0n) is 11.2. The molecule has 2 aromatic rings. The number of nitrogens with one attached hydrogen (secondary N) is 1. The zero-order valence-corrected chi connectivity index (χ0v) is 12.1. The molecule has 0 bridgehead atoms. The molecule has 2 aromatic heterocycles. The van der Waals surface area contributed by atoms with Gasteiger partial charge in [-0.25, -0.2) is 13.1 Å². The van der Waals surface area contributed by atoms with E-state index in [0.717, 1.165) is 10.9 Å². The van der Waals surface area contributed by atoms with Crippen LogP contribution >= 0.6 is 0 Å². The average Bonchev–Trinajstić information content (AvgIpc) is 2.98. The minimum absolute atomic E-state index is 0.0731. The highest BCUT2D eigenvalue weighted by molar-refractivity contribution is 7.89. The molecule has 0 radical (unpaired) electrons. The molecule has 9 nitrogen and oxygen atoms in total. The average molecular weight is 313 g/mol. The molecule has 114 valence electrons. The maximum Gasteiger partial charge on any atom is 0.325 e. The second-order valence-electron chi connectivity index (χ2n) is 4.52. The van der Waals surface area contributed by atoms with Crippen molar-refractivity contribution in [2.24, 2.45) is 0 Å². The normalized spacial score (nSPS) is 13.2. The molecule has 2 rings (SSSR count). The smallest absolute Gasteiger partial charge is 0.325 e. The molecule has 0 fully saturated rings. The van der Waals surface area contributed by atoms with Crippen LogP contribution in [0.25, 0.3) is 0 Å². The summed E-state index contributed by atoms with van der Waals surface area (Å²) >= 11 is 0. The van der Waals surface area contributed by atoms with E-state index in [2.05, 4.69) is 14.9 Å². The van der Waals surface area contributed by atoms with E-state index in [0.29, 0.717) is 6.54 Å². The molecule has 0 saturated carbocycles. The largest absolute Gasteiger partial charge is 0.480 e. The second kappa shape index (κ2) is 6.06. The van der Waals surface area contributed by atoms with Crippen LogP contribution in [0.3, 0.4) is 0 Å². The Morgan fingerprint density at radius 1 is 1.43 bits per heavy atom. The summed E-state index contributed by atoms with van der Waals surface area (Å²) < 4.78 is 29.4. The van der Waals surface area contributed by atoms with Gasteiger partial charge in [-0.05, 0) is 13.0 Å². The van der Waals surface area contributed by atoms with Crippen LogP contribution in [0.2, 0.25) is 0 Å². The van der Waals surface area contributed by atoms with Gasteiger partial charge in [-0.1, -0.05) is 0 Å². The first kappa shape index (κ1) is 15.2. The van der Waals surface area contributed by atoms with Crippen molar-refractivity contribution in [2.75, 3.05) is 0 Å². The lowest BCUT2D eigenvalue weighted by molar-refractivity contribution is -0.137. The Labute approximate surface area is 121 Å². The Bertz CT molecular complexity index is 707. The van der Waals surface area contributed by atoms with Crippen LogP contribution in [-0.2, 0) is 27.9 Å². The number of sulfonamides is 1. The minimum Gasteiger partial charge on any atom is -0.480 e. The molecular weight excluding hydrogens is 298 g/mol. The van der Waals surface area contributed by atoms with Gasteiger partial charge in [-0.15, -0.1) is 0 Å². The summed E-state index contributed by atoms with van der Waals surface area (Å²) in [5.74, 6) is -1.10. The molecule has 2 heterocycles. The molecule has 0 spiro atoms. The summed E-state index contributed by atoms with van der Waals surface area (Å²) in [6, 6.07) is 1.37. The molecule has 0 saturated heterocycles. The number of carboxylic acids is 1. The molecule has 0 aliphatic carbocycles. The van der Waals surface area contributed by atoms with Gasteiger partial charge in [0.2, 0.25) is 10.0 Å². The van der Waals surface area contributed by atoms with Crippen LogP contribution in [0, 0.1) is 0 Å². The first-order valence-electron chi connectivity index (χ1n) is 6.11. The van der Waals surface area contributed by atoms with E-state index in [9.17, 15) is 13.2 Å². The fourth-order valence-electron chi connectivity index (χ4n) is 1.77. The van der Waals surface area contributed by atoms with E-state index in [1.54, 1.807) is 30.1 Å². The lowest BCUT2D eigenvalue weighted by atomic mass is 10.4. The lowest BCUT2D eigenvalue weighted by Crippen LogP contribution is -2.35. The van der Waals surface area contributed by atoms with Gasteiger partial charge >= 0.3 is 5.97 Å². The van der Waals surface area contributed by atoms with Crippen molar-refractivity contribution in [3.63, 3.8) is 0 Å². The van der Waals surface area contributed by atoms with Crippen molar-refractivity contribution in [2.45, 2.75) is 31.0 Å². The number of hydrogen-bond donors (Lipinski definition) is 2. The van der Waals surface area contributed by atoms with Crippen molar-refractivity contribution in [3.8, 4) is 0 Å². The standard InChI is InChI=1S/C11H15N5O4S/c1-9(6-15-4-2-3-12-15)14-21(19,20)10-5-13-16(7-10)8-11(17)18/h2-5,7,9,14H,6,8H2,1H3,(H,17,18). The number of rotatable bonds is 7. The Hall–Kier alpha value is -2.20. The second-order valence-corrected chi connectivity index (χ2v) is 6.23. The van der Waals surface area contributed by atoms with Crippen molar-refractivity contribution >= 4 is 16.0 Å². The fourth-order valence-corrected chi connectivity index (χ4v) is 2.95. The van der Waals surface area contributed by atoms with Gasteiger partial charge in [0.25, 0.3) is 0 Å². The molecule has 1 unspecified atom stereocenters. The van der Waals surface area contributed by atoms with E-state index in [-0.39, 0.29) is 10.9 Å².